The summed E-state index contributed by atoms with van der Waals surface area (Å²) in [5, 5.41) is 12.2. The Labute approximate surface area is 102 Å². The molecule has 0 heterocycles. The molecule has 0 spiro atoms. The molecule has 0 aliphatic rings. The molecule has 1 N–H and O–H groups in total. The predicted octanol–water partition coefficient (Wildman–Crippen LogP) is 4.60. The molecule has 0 fully saturated rings. The summed E-state index contributed by atoms with van der Waals surface area (Å²) >= 11 is 0. The zero-order chi connectivity index (χ0) is 12.5. The Balaban J connectivity index is 2.59. The number of hydrogen-bond donors (Lipinski definition) is 1. The van der Waals surface area contributed by atoms with Gasteiger partial charge in [-0.3, -0.25) is 0 Å². The lowest BCUT2D eigenvalue weighted by atomic mass is 9.94. The standard InChI is InChI=1S/C16H18O/c1-16(2,3)11-10-14-13-7-5-4-6-12(13)8-9-15(14)17/h4-11,17H,1-3H3/b11-10+. The van der Waals surface area contributed by atoms with Crippen LogP contribution in [0.3, 0.4) is 0 Å². The van der Waals surface area contributed by atoms with Gasteiger partial charge in [0, 0.05) is 5.56 Å². The fourth-order valence-electron chi connectivity index (χ4n) is 1.79. The van der Waals surface area contributed by atoms with Crippen LogP contribution in [0.25, 0.3) is 16.8 Å². The maximum atomic E-state index is 9.95. The van der Waals surface area contributed by atoms with E-state index in [1.165, 1.54) is 0 Å². The van der Waals surface area contributed by atoms with Gasteiger partial charge in [-0.25, -0.2) is 0 Å². The molecule has 0 saturated heterocycles. The van der Waals surface area contributed by atoms with Crippen molar-refractivity contribution in [3.05, 3.63) is 48.0 Å². The maximum Gasteiger partial charge on any atom is 0.123 e. The molecule has 2 rings (SSSR count). The summed E-state index contributed by atoms with van der Waals surface area (Å²) in [6, 6.07) is 11.8. The Morgan fingerprint density at radius 1 is 1.00 bits per heavy atom. The van der Waals surface area contributed by atoms with E-state index < -0.39 is 0 Å². The van der Waals surface area contributed by atoms with E-state index in [0.717, 1.165) is 16.3 Å². The van der Waals surface area contributed by atoms with Gasteiger partial charge in [-0.1, -0.05) is 63.3 Å². The van der Waals surface area contributed by atoms with Crippen LogP contribution in [0.15, 0.2) is 42.5 Å². The van der Waals surface area contributed by atoms with Crippen LogP contribution < -0.4 is 0 Å². The third kappa shape index (κ3) is 2.68. The van der Waals surface area contributed by atoms with Gasteiger partial charge in [0.25, 0.3) is 0 Å². The van der Waals surface area contributed by atoms with Gasteiger partial charge in [0.1, 0.15) is 5.75 Å². The lowest BCUT2D eigenvalue weighted by molar-refractivity contribution is 0.474. The smallest absolute Gasteiger partial charge is 0.123 e. The van der Waals surface area contributed by atoms with Gasteiger partial charge >= 0.3 is 0 Å². The number of benzene rings is 2. The molecular weight excluding hydrogens is 208 g/mol. The summed E-state index contributed by atoms with van der Waals surface area (Å²) in [5.41, 5.74) is 1.02. The van der Waals surface area contributed by atoms with E-state index >= 15 is 0 Å². The first-order valence-electron chi connectivity index (χ1n) is 5.87. The minimum atomic E-state index is 0.114. The summed E-state index contributed by atoms with van der Waals surface area (Å²) in [4.78, 5) is 0. The number of phenols is 1. The number of aromatic hydroxyl groups is 1. The summed E-state index contributed by atoms with van der Waals surface area (Å²) in [5.74, 6) is 0.337. The quantitative estimate of drug-likeness (QED) is 0.753. The van der Waals surface area contributed by atoms with Crippen molar-refractivity contribution < 1.29 is 5.11 Å². The molecular formula is C16H18O. The average molecular weight is 226 g/mol. The van der Waals surface area contributed by atoms with E-state index in [2.05, 4.69) is 32.9 Å². The summed E-state index contributed by atoms with van der Waals surface area (Å²) < 4.78 is 0. The van der Waals surface area contributed by atoms with Crippen molar-refractivity contribution in [1.29, 1.82) is 0 Å². The van der Waals surface area contributed by atoms with Crippen molar-refractivity contribution in [1.82, 2.24) is 0 Å². The first-order chi connectivity index (χ1) is 7.97. The molecule has 0 aliphatic carbocycles. The molecule has 2 aromatic carbocycles. The summed E-state index contributed by atoms with van der Waals surface area (Å²) in [7, 11) is 0. The van der Waals surface area contributed by atoms with E-state index in [-0.39, 0.29) is 5.41 Å². The van der Waals surface area contributed by atoms with Crippen LogP contribution in [-0.2, 0) is 0 Å². The fourth-order valence-corrected chi connectivity index (χ4v) is 1.79. The van der Waals surface area contributed by atoms with E-state index in [4.69, 9.17) is 0 Å². The molecule has 0 atom stereocenters. The zero-order valence-electron chi connectivity index (χ0n) is 10.6. The molecule has 1 nitrogen and oxygen atoms in total. The monoisotopic (exact) mass is 226 g/mol. The lowest BCUT2D eigenvalue weighted by Crippen LogP contribution is -1.98. The van der Waals surface area contributed by atoms with Crippen molar-refractivity contribution in [2.75, 3.05) is 0 Å². The van der Waals surface area contributed by atoms with Crippen LogP contribution in [0.4, 0.5) is 0 Å². The topological polar surface area (TPSA) is 20.2 Å². The second-order valence-corrected chi connectivity index (χ2v) is 5.42. The van der Waals surface area contributed by atoms with Gasteiger partial charge in [-0.15, -0.1) is 0 Å². The van der Waals surface area contributed by atoms with Gasteiger partial charge < -0.3 is 5.11 Å². The molecule has 0 unspecified atom stereocenters. The number of hydrogen-bond acceptors (Lipinski definition) is 1. The maximum absolute atomic E-state index is 9.95. The largest absolute Gasteiger partial charge is 0.507 e. The molecule has 0 saturated carbocycles. The highest BCUT2D eigenvalue weighted by Crippen LogP contribution is 2.29. The fraction of sp³-hybridized carbons (Fsp3) is 0.250. The lowest BCUT2D eigenvalue weighted by Gasteiger charge is -2.12. The van der Waals surface area contributed by atoms with Gasteiger partial charge in [0.15, 0.2) is 0 Å². The van der Waals surface area contributed by atoms with E-state index in [1.807, 2.05) is 30.3 Å². The number of allylic oxidation sites excluding steroid dienone is 1. The van der Waals surface area contributed by atoms with Crippen molar-refractivity contribution in [3.63, 3.8) is 0 Å². The summed E-state index contributed by atoms with van der Waals surface area (Å²) in [6.45, 7) is 6.43. The highest BCUT2D eigenvalue weighted by molar-refractivity contribution is 5.93. The van der Waals surface area contributed by atoms with Crippen LogP contribution in [0.1, 0.15) is 26.3 Å². The second kappa shape index (κ2) is 4.25. The van der Waals surface area contributed by atoms with Crippen LogP contribution in [0, 0.1) is 5.41 Å². The van der Waals surface area contributed by atoms with Crippen molar-refractivity contribution in [2.45, 2.75) is 20.8 Å². The van der Waals surface area contributed by atoms with E-state index in [1.54, 1.807) is 6.07 Å². The molecule has 88 valence electrons. The Morgan fingerprint density at radius 3 is 2.41 bits per heavy atom. The highest BCUT2D eigenvalue weighted by Gasteiger charge is 2.07. The van der Waals surface area contributed by atoms with Gasteiger partial charge in [0.2, 0.25) is 0 Å². The summed E-state index contributed by atoms with van der Waals surface area (Å²) in [6.07, 6.45) is 4.13. The van der Waals surface area contributed by atoms with Crippen LogP contribution >= 0.6 is 0 Å². The first kappa shape index (κ1) is 11.7. The van der Waals surface area contributed by atoms with E-state index in [0.29, 0.717) is 5.75 Å². The predicted molar refractivity (Wildman–Crippen MR) is 74.1 cm³/mol. The van der Waals surface area contributed by atoms with Crippen molar-refractivity contribution in [2.24, 2.45) is 5.41 Å². The first-order valence-corrected chi connectivity index (χ1v) is 5.87. The minimum Gasteiger partial charge on any atom is -0.507 e. The van der Waals surface area contributed by atoms with Crippen LogP contribution in [-0.4, -0.2) is 5.11 Å². The third-order valence-electron chi connectivity index (χ3n) is 2.70. The Bertz CT molecular complexity index is 559. The molecule has 0 aliphatic heterocycles. The molecule has 1 heteroatoms. The number of fused-ring (bicyclic) bond motifs is 1. The molecule has 0 amide bonds. The Morgan fingerprint density at radius 2 is 1.71 bits per heavy atom. The number of phenolic OH excluding ortho intramolecular Hbond substituents is 1. The second-order valence-electron chi connectivity index (χ2n) is 5.42. The molecule has 2 aromatic rings. The normalized spacial score (nSPS) is 12.4. The molecule has 0 aromatic heterocycles. The van der Waals surface area contributed by atoms with Crippen molar-refractivity contribution in [3.8, 4) is 5.75 Å². The number of rotatable bonds is 1. The van der Waals surface area contributed by atoms with Crippen LogP contribution in [0.5, 0.6) is 5.75 Å². The Hall–Kier alpha value is -1.76. The van der Waals surface area contributed by atoms with Gasteiger partial charge in [-0.05, 0) is 22.3 Å². The molecule has 0 radical (unpaired) electrons. The van der Waals surface area contributed by atoms with Gasteiger partial charge in [0.05, 0.1) is 0 Å². The van der Waals surface area contributed by atoms with Crippen LogP contribution in [0.2, 0.25) is 0 Å². The van der Waals surface area contributed by atoms with E-state index in [9.17, 15) is 5.11 Å². The SMILES string of the molecule is CC(C)(C)/C=C/c1c(O)ccc2ccccc12. The molecule has 0 bridgehead atoms. The molecule has 17 heavy (non-hydrogen) atoms. The Kier molecular flexibility index (Phi) is 2.93. The highest BCUT2D eigenvalue weighted by atomic mass is 16.3. The van der Waals surface area contributed by atoms with Gasteiger partial charge in [-0.2, -0.15) is 0 Å². The van der Waals surface area contributed by atoms with Crippen molar-refractivity contribution >= 4 is 16.8 Å². The zero-order valence-corrected chi connectivity index (χ0v) is 10.6. The average Bonchev–Trinajstić information content (AvgIpc) is 2.26. The third-order valence-corrected chi connectivity index (χ3v) is 2.70. The minimum absolute atomic E-state index is 0.114.